The molecule has 17 heavy (non-hydrogen) atoms. The van der Waals surface area contributed by atoms with Crippen LogP contribution < -0.4 is 0 Å². The van der Waals surface area contributed by atoms with Gasteiger partial charge in [-0.15, -0.1) is 0 Å². The van der Waals surface area contributed by atoms with Crippen molar-refractivity contribution >= 4 is 21.9 Å². The van der Waals surface area contributed by atoms with E-state index in [-0.39, 0.29) is 17.9 Å². The van der Waals surface area contributed by atoms with Crippen LogP contribution in [0.2, 0.25) is 0 Å². The number of carbonyl (C=O) groups excluding carboxylic acids is 1. The molecule has 0 saturated carbocycles. The highest BCUT2D eigenvalue weighted by molar-refractivity contribution is 9.10. The van der Waals surface area contributed by atoms with Crippen molar-refractivity contribution in [1.82, 2.24) is 0 Å². The van der Waals surface area contributed by atoms with Gasteiger partial charge in [0.05, 0.1) is 18.7 Å². The maximum absolute atomic E-state index is 13.6. The lowest BCUT2D eigenvalue weighted by Gasteiger charge is -2.09. The van der Waals surface area contributed by atoms with E-state index in [1.807, 2.05) is 6.07 Å². The Morgan fingerprint density at radius 3 is 2.82 bits per heavy atom. The molecule has 1 rings (SSSR count). The number of methoxy groups -OCH3 is 1. The number of ether oxygens (including phenoxy) is 1. The van der Waals surface area contributed by atoms with Gasteiger partial charge in [-0.05, 0) is 47.0 Å². The second kappa shape index (κ2) is 5.78. The Morgan fingerprint density at radius 2 is 2.29 bits per heavy atom. The average Bonchev–Trinajstić information content (AvgIpc) is 2.31. The Kier molecular flexibility index (Phi) is 4.64. The molecular weight excluding hydrogens is 289 g/mol. The first-order valence-electron chi connectivity index (χ1n) is 4.95. The molecule has 0 radical (unpaired) electrons. The Labute approximate surface area is 107 Å². The quantitative estimate of drug-likeness (QED) is 0.806. The van der Waals surface area contributed by atoms with Crippen molar-refractivity contribution in [2.45, 2.75) is 13.3 Å². The number of nitriles is 1. The second-order valence-electron chi connectivity index (χ2n) is 3.65. The molecule has 0 N–H and O–H groups in total. The zero-order valence-electron chi connectivity index (χ0n) is 9.46. The zero-order valence-corrected chi connectivity index (χ0v) is 11.0. The maximum Gasteiger partial charge on any atom is 0.339 e. The van der Waals surface area contributed by atoms with Gasteiger partial charge in [0.2, 0.25) is 0 Å². The summed E-state index contributed by atoms with van der Waals surface area (Å²) in [4.78, 5) is 11.4. The molecule has 0 aromatic heterocycles. The van der Waals surface area contributed by atoms with Gasteiger partial charge >= 0.3 is 5.97 Å². The third-order valence-corrected chi connectivity index (χ3v) is 2.94. The molecule has 0 spiro atoms. The van der Waals surface area contributed by atoms with Gasteiger partial charge in [0, 0.05) is 10.4 Å². The minimum atomic E-state index is -0.539. The van der Waals surface area contributed by atoms with E-state index in [4.69, 9.17) is 5.26 Å². The van der Waals surface area contributed by atoms with Gasteiger partial charge in [-0.25, -0.2) is 9.18 Å². The predicted molar refractivity (Wildman–Crippen MR) is 63.9 cm³/mol. The lowest BCUT2D eigenvalue weighted by molar-refractivity contribution is 0.0599. The van der Waals surface area contributed by atoms with E-state index in [1.165, 1.54) is 19.2 Å². The average molecular weight is 300 g/mol. The largest absolute Gasteiger partial charge is 0.465 e. The van der Waals surface area contributed by atoms with Gasteiger partial charge in [0.1, 0.15) is 5.82 Å². The topological polar surface area (TPSA) is 50.1 Å². The Hall–Kier alpha value is -1.41. The molecule has 1 atom stereocenters. The summed E-state index contributed by atoms with van der Waals surface area (Å²) >= 11 is 3.10. The third-order valence-electron chi connectivity index (χ3n) is 2.29. The highest BCUT2D eigenvalue weighted by Gasteiger charge is 2.16. The lowest BCUT2D eigenvalue weighted by atomic mass is 10.00. The van der Waals surface area contributed by atoms with Crippen LogP contribution in [0.5, 0.6) is 0 Å². The molecule has 0 heterocycles. The summed E-state index contributed by atoms with van der Waals surface area (Å²) in [7, 11) is 1.26. The first-order chi connectivity index (χ1) is 7.99. The normalized spacial score (nSPS) is 11.7. The molecular formula is C12H11BrFNO2. The van der Waals surface area contributed by atoms with Gasteiger partial charge in [-0.3, -0.25) is 0 Å². The minimum Gasteiger partial charge on any atom is -0.465 e. The van der Waals surface area contributed by atoms with Crippen molar-refractivity contribution in [3.8, 4) is 6.07 Å². The molecule has 0 fully saturated rings. The van der Waals surface area contributed by atoms with E-state index in [2.05, 4.69) is 20.7 Å². The summed E-state index contributed by atoms with van der Waals surface area (Å²) in [6.45, 7) is 1.69. The van der Waals surface area contributed by atoms with Crippen molar-refractivity contribution in [2.75, 3.05) is 7.11 Å². The van der Waals surface area contributed by atoms with Gasteiger partial charge in [-0.1, -0.05) is 0 Å². The molecule has 1 aromatic carbocycles. The fourth-order valence-electron chi connectivity index (χ4n) is 1.39. The van der Waals surface area contributed by atoms with Crippen molar-refractivity contribution in [3.63, 3.8) is 0 Å². The summed E-state index contributed by atoms with van der Waals surface area (Å²) in [6, 6.07) is 4.65. The number of esters is 1. The van der Waals surface area contributed by atoms with E-state index >= 15 is 0 Å². The Balaban J connectivity index is 3.15. The molecule has 0 aliphatic heterocycles. The van der Waals surface area contributed by atoms with Crippen LogP contribution in [-0.4, -0.2) is 13.1 Å². The van der Waals surface area contributed by atoms with Gasteiger partial charge in [-0.2, -0.15) is 5.26 Å². The van der Waals surface area contributed by atoms with Crippen LogP contribution in [0.4, 0.5) is 4.39 Å². The molecule has 90 valence electrons. The fourth-order valence-corrected chi connectivity index (χ4v) is 1.87. The first kappa shape index (κ1) is 13.7. The smallest absolute Gasteiger partial charge is 0.339 e. The molecule has 1 aromatic rings. The van der Waals surface area contributed by atoms with E-state index < -0.39 is 11.8 Å². The number of hydrogen-bond donors (Lipinski definition) is 0. The number of nitrogens with zero attached hydrogens (tertiary/aromatic N) is 1. The molecule has 3 nitrogen and oxygen atoms in total. The molecule has 0 unspecified atom stereocenters. The summed E-state index contributed by atoms with van der Waals surface area (Å²) < 4.78 is 18.5. The van der Waals surface area contributed by atoms with Crippen molar-refractivity contribution in [3.05, 3.63) is 33.5 Å². The fraction of sp³-hybridized carbons (Fsp3) is 0.333. The SMILES string of the molecule is COC(=O)c1cc(C[C@H](C)C#N)c(F)cc1Br. The standard InChI is InChI=1S/C12H11BrFNO2/c1-7(6-15)3-8-4-9(12(16)17-2)10(13)5-11(8)14/h4-5,7H,3H2,1-2H3/t7-/m0/s1. The van der Waals surface area contributed by atoms with Crippen LogP contribution in [0.3, 0.4) is 0 Å². The number of carbonyl (C=O) groups is 1. The monoisotopic (exact) mass is 299 g/mol. The third kappa shape index (κ3) is 3.27. The Bertz CT molecular complexity index is 482. The van der Waals surface area contributed by atoms with Crippen molar-refractivity contribution in [1.29, 1.82) is 5.26 Å². The van der Waals surface area contributed by atoms with Gasteiger partial charge in [0.15, 0.2) is 0 Å². The summed E-state index contributed by atoms with van der Waals surface area (Å²) in [5, 5.41) is 8.69. The summed E-state index contributed by atoms with van der Waals surface area (Å²) in [5.41, 5.74) is 0.594. The zero-order chi connectivity index (χ0) is 13.0. The number of rotatable bonds is 3. The van der Waals surface area contributed by atoms with Crippen molar-refractivity contribution < 1.29 is 13.9 Å². The first-order valence-corrected chi connectivity index (χ1v) is 5.74. The van der Waals surface area contributed by atoms with E-state index in [1.54, 1.807) is 6.92 Å². The summed E-state index contributed by atoms with van der Waals surface area (Å²) in [6.07, 6.45) is 0.263. The highest BCUT2D eigenvalue weighted by Crippen LogP contribution is 2.23. The Morgan fingerprint density at radius 1 is 1.65 bits per heavy atom. The van der Waals surface area contributed by atoms with Crippen LogP contribution in [-0.2, 0) is 11.2 Å². The molecule has 0 aliphatic carbocycles. The molecule has 0 aliphatic rings. The molecule has 5 heteroatoms. The van der Waals surface area contributed by atoms with Crippen LogP contribution in [0.1, 0.15) is 22.8 Å². The molecule has 0 bridgehead atoms. The van der Waals surface area contributed by atoms with Crippen LogP contribution in [0.15, 0.2) is 16.6 Å². The van der Waals surface area contributed by atoms with E-state index in [9.17, 15) is 9.18 Å². The van der Waals surface area contributed by atoms with Gasteiger partial charge < -0.3 is 4.74 Å². The molecule has 0 saturated heterocycles. The molecule has 0 amide bonds. The number of hydrogen-bond acceptors (Lipinski definition) is 3. The number of halogens is 2. The minimum absolute atomic E-state index is 0.258. The van der Waals surface area contributed by atoms with Crippen LogP contribution in [0, 0.1) is 23.1 Å². The predicted octanol–water partition coefficient (Wildman–Crippen LogP) is 3.08. The number of benzene rings is 1. The van der Waals surface area contributed by atoms with Crippen molar-refractivity contribution in [2.24, 2.45) is 5.92 Å². The maximum atomic E-state index is 13.6. The lowest BCUT2D eigenvalue weighted by Crippen LogP contribution is -2.06. The second-order valence-corrected chi connectivity index (χ2v) is 4.50. The summed E-state index contributed by atoms with van der Waals surface area (Å²) in [5.74, 6) is -1.29. The van der Waals surface area contributed by atoms with Crippen LogP contribution in [0.25, 0.3) is 0 Å². The van der Waals surface area contributed by atoms with E-state index in [0.717, 1.165) is 0 Å². The van der Waals surface area contributed by atoms with Gasteiger partial charge in [0.25, 0.3) is 0 Å². The highest BCUT2D eigenvalue weighted by atomic mass is 79.9. The van der Waals surface area contributed by atoms with Crippen LogP contribution >= 0.6 is 15.9 Å². The van der Waals surface area contributed by atoms with E-state index in [0.29, 0.717) is 10.0 Å².